The monoisotopic (exact) mass is 181 g/mol. The van der Waals surface area contributed by atoms with Crippen LogP contribution in [-0.4, -0.2) is 15.4 Å². The Hall–Kier alpha value is -1.42. The van der Waals surface area contributed by atoms with Gasteiger partial charge < -0.3 is 0 Å². The molecule has 0 bridgehead atoms. The third kappa shape index (κ3) is 1.06. The Bertz CT molecular complexity index is 479. The van der Waals surface area contributed by atoms with Crippen molar-refractivity contribution in [1.29, 1.82) is 0 Å². The van der Waals surface area contributed by atoms with Crippen LogP contribution in [0, 0.1) is 0 Å². The summed E-state index contributed by atoms with van der Waals surface area (Å²) >= 11 is 5.70. The SMILES string of the molecule is O=c1nn[nH]c2cc(Cl)ccc12. The van der Waals surface area contributed by atoms with Crippen LogP contribution in [0.5, 0.6) is 0 Å². The molecule has 0 saturated carbocycles. The molecule has 1 N–H and O–H groups in total. The van der Waals surface area contributed by atoms with Crippen molar-refractivity contribution in [2.24, 2.45) is 0 Å². The zero-order valence-corrected chi connectivity index (χ0v) is 6.67. The Morgan fingerprint density at radius 3 is 3.08 bits per heavy atom. The molecule has 0 spiro atoms. The lowest BCUT2D eigenvalue weighted by Crippen LogP contribution is -2.09. The van der Waals surface area contributed by atoms with Crippen LogP contribution in [0.4, 0.5) is 0 Å². The second-order valence-corrected chi connectivity index (χ2v) is 2.74. The van der Waals surface area contributed by atoms with Crippen LogP contribution in [0.2, 0.25) is 5.02 Å². The molecule has 60 valence electrons. The van der Waals surface area contributed by atoms with E-state index in [1.165, 1.54) is 0 Å². The van der Waals surface area contributed by atoms with Crippen LogP contribution in [0.1, 0.15) is 0 Å². The Labute approximate surface area is 72.2 Å². The molecule has 2 rings (SSSR count). The van der Waals surface area contributed by atoms with Crippen molar-refractivity contribution in [2.75, 3.05) is 0 Å². The standard InChI is InChI=1S/C7H4ClN3O/c8-4-1-2-5-6(3-4)9-11-10-7(5)12/h1-3H,(H,9,10,12). The van der Waals surface area contributed by atoms with Gasteiger partial charge in [0.2, 0.25) is 0 Å². The van der Waals surface area contributed by atoms with E-state index < -0.39 is 0 Å². The number of aromatic amines is 1. The van der Waals surface area contributed by atoms with Gasteiger partial charge in [0.15, 0.2) is 0 Å². The molecule has 0 aliphatic rings. The highest BCUT2D eigenvalue weighted by Crippen LogP contribution is 2.12. The fourth-order valence-electron chi connectivity index (χ4n) is 0.974. The lowest BCUT2D eigenvalue weighted by atomic mass is 10.2. The molecule has 4 nitrogen and oxygen atoms in total. The number of hydrogen-bond donors (Lipinski definition) is 1. The molecule has 0 aliphatic heterocycles. The molecular weight excluding hydrogens is 178 g/mol. The van der Waals surface area contributed by atoms with E-state index in [-0.39, 0.29) is 5.56 Å². The summed E-state index contributed by atoms with van der Waals surface area (Å²) in [5.41, 5.74) is 0.253. The van der Waals surface area contributed by atoms with Gasteiger partial charge >= 0.3 is 0 Å². The minimum absolute atomic E-state index is 0.347. The number of rotatable bonds is 0. The highest BCUT2D eigenvalue weighted by atomic mass is 35.5. The molecule has 1 heterocycles. The smallest absolute Gasteiger partial charge is 0.265 e. The van der Waals surface area contributed by atoms with E-state index in [0.29, 0.717) is 15.9 Å². The van der Waals surface area contributed by atoms with Crippen molar-refractivity contribution < 1.29 is 0 Å². The number of H-pyrrole nitrogens is 1. The Morgan fingerprint density at radius 1 is 1.42 bits per heavy atom. The molecular formula is C7H4ClN3O. The van der Waals surface area contributed by atoms with E-state index in [1.54, 1.807) is 18.2 Å². The van der Waals surface area contributed by atoms with Gasteiger partial charge in [0.1, 0.15) is 0 Å². The van der Waals surface area contributed by atoms with E-state index in [9.17, 15) is 4.79 Å². The van der Waals surface area contributed by atoms with Crippen molar-refractivity contribution in [3.05, 3.63) is 33.6 Å². The van der Waals surface area contributed by atoms with Crippen LogP contribution < -0.4 is 5.56 Å². The summed E-state index contributed by atoms with van der Waals surface area (Å²) in [5, 5.41) is 10.4. The molecule has 1 aromatic carbocycles. The molecule has 1 aromatic heterocycles. The summed E-state index contributed by atoms with van der Waals surface area (Å²) < 4.78 is 0. The average molecular weight is 182 g/mol. The minimum atomic E-state index is -0.347. The van der Waals surface area contributed by atoms with Crippen molar-refractivity contribution in [2.45, 2.75) is 0 Å². The zero-order chi connectivity index (χ0) is 8.55. The third-order valence-electron chi connectivity index (χ3n) is 1.52. The van der Waals surface area contributed by atoms with Crippen LogP contribution in [0.15, 0.2) is 23.0 Å². The lowest BCUT2D eigenvalue weighted by molar-refractivity contribution is 0.872. The average Bonchev–Trinajstić information content (AvgIpc) is 2.04. The number of hydrogen-bond acceptors (Lipinski definition) is 3. The van der Waals surface area contributed by atoms with Gasteiger partial charge in [0, 0.05) is 5.02 Å². The fourth-order valence-corrected chi connectivity index (χ4v) is 1.15. The maximum Gasteiger partial charge on any atom is 0.299 e. The summed E-state index contributed by atoms with van der Waals surface area (Å²) in [5.74, 6) is 0. The van der Waals surface area contributed by atoms with Gasteiger partial charge in [-0.2, -0.15) is 0 Å². The molecule has 12 heavy (non-hydrogen) atoms. The number of aromatic nitrogens is 3. The third-order valence-corrected chi connectivity index (χ3v) is 1.76. The number of nitrogens with one attached hydrogen (secondary N) is 1. The molecule has 0 atom stereocenters. The van der Waals surface area contributed by atoms with Gasteiger partial charge in [0.25, 0.3) is 5.56 Å². The van der Waals surface area contributed by atoms with E-state index in [4.69, 9.17) is 11.6 Å². The first-order chi connectivity index (χ1) is 5.77. The van der Waals surface area contributed by atoms with Crippen LogP contribution in [-0.2, 0) is 0 Å². The summed E-state index contributed by atoms with van der Waals surface area (Å²) in [7, 11) is 0. The van der Waals surface area contributed by atoms with Gasteiger partial charge in [-0.1, -0.05) is 21.9 Å². The number of nitrogens with zero attached hydrogens (tertiary/aromatic N) is 2. The topological polar surface area (TPSA) is 58.6 Å². The van der Waals surface area contributed by atoms with Gasteiger partial charge in [0.05, 0.1) is 10.9 Å². The summed E-state index contributed by atoms with van der Waals surface area (Å²) in [4.78, 5) is 11.1. The molecule has 2 aromatic rings. The number of fused-ring (bicyclic) bond motifs is 1. The summed E-state index contributed by atoms with van der Waals surface area (Å²) in [6, 6.07) is 4.89. The largest absolute Gasteiger partial charge is 0.299 e. The molecule has 0 aliphatic carbocycles. The van der Waals surface area contributed by atoms with Crippen LogP contribution in [0.25, 0.3) is 10.9 Å². The Morgan fingerprint density at radius 2 is 2.25 bits per heavy atom. The molecule has 0 radical (unpaired) electrons. The minimum Gasteiger partial charge on any atom is -0.265 e. The van der Waals surface area contributed by atoms with E-state index in [1.807, 2.05) is 0 Å². The summed E-state index contributed by atoms with van der Waals surface area (Å²) in [6.07, 6.45) is 0. The van der Waals surface area contributed by atoms with Gasteiger partial charge in [-0.25, -0.2) is 0 Å². The predicted octanol–water partition coefficient (Wildman–Crippen LogP) is 0.971. The molecule has 0 saturated heterocycles. The highest BCUT2D eigenvalue weighted by molar-refractivity contribution is 6.31. The lowest BCUT2D eigenvalue weighted by Gasteiger charge is -1.93. The second kappa shape index (κ2) is 2.57. The van der Waals surface area contributed by atoms with Crippen molar-refractivity contribution in [1.82, 2.24) is 15.4 Å². The fraction of sp³-hybridized carbons (Fsp3) is 0. The Kier molecular flexibility index (Phi) is 1.55. The first-order valence-electron chi connectivity index (χ1n) is 3.28. The van der Waals surface area contributed by atoms with Gasteiger partial charge in [-0.15, -0.1) is 0 Å². The Balaban J connectivity index is 2.96. The van der Waals surface area contributed by atoms with Crippen LogP contribution in [0.3, 0.4) is 0 Å². The van der Waals surface area contributed by atoms with E-state index in [0.717, 1.165) is 0 Å². The molecule has 0 fully saturated rings. The number of halogens is 1. The maximum absolute atomic E-state index is 11.1. The predicted molar refractivity (Wildman–Crippen MR) is 45.2 cm³/mol. The van der Waals surface area contributed by atoms with E-state index >= 15 is 0 Å². The molecule has 0 unspecified atom stereocenters. The second-order valence-electron chi connectivity index (χ2n) is 2.31. The van der Waals surface area contributed by atoms with Gasteiger partial charge in [-0.05, 0) is 18.2 Å². The van der Waals surface area contributed by atoms with Gasteiger partial charge in [-0.3, -0.25) is 9.89 Å². The molecule has 5 heteroatoms. The van der Waals surface area contributed by atoms with Crippen molar-refractivity contribution in [3.63, 3.8) is 0 Å². The normalized spacial score (nSPS) is 10.4. The zero-order valence-electron chi connectivity index (χ0n) is 5.91. The first-order valence-corrected chi connectivity index (χ1v) is 3.66. The van der Waals surface area contributed by atoms with Crippen molar-refractivity contribution >= 4 is 22.5 Å². The van der Waals surface area contributed by atoms with Crippen LogP contribution >= 0.6 is 11.6 Å². The van der Waals surface area contributed by atoms with Crippen molar-refractivity contribution in [3.8, 4) is 0 Å². The quantitative estimate of drug-likeness (QED) is 0.659. The first kappa shape index (κ1) is 7.24. The maximum atomic E-state index is 11.1. The highest BCUT2D eigenvalue weighted by Gasteiger charge is 1.98. The molecule has 0 amide bonds. The van der Waals surface area contributed by atoms with E-state index in [2.05, 4.69) is 15.4 Å². The number of benzene rings is 1. The summed E-state index contributed by atoms with van der Waals surface area (Å²) in [6.45, 7) is 0.